The van der Waals surface area contributed by atoms with E-state index < -0.39 is 5.60 Å². The number of benzene rings is 1. The number of aromatic nitrogens is 1. The summed E-state index contributed by atoms with van der Waals surface area (Å²) in [6, 6.07) is 4.14. The van der Waals surface area contributed by atoms with Crippen LogP contribution < -0.4 is 4.74 Å². The number of amides is 1. The Morgan fingerprint density at radius 1 is 1.24 bits per heavy atom. The van der Waals surface area contributed by atoms with Gasteiger partial charge in [-0.15, -0.1) is 0 Å². The summed E-state index contributed by atoms with van der Waals surface area (Å²) in [5.41, 5.74) is 2.30. The Bertz CT molecular complexity index is 1160. The van der Waals surface area contributed by atoms with Gasteiger partial charge >= 0.3 is 6.09 Å². The number of rotatable bonds is 9. The molecular formula is C30H43N3O5. The second-order valence-corrected chi connectivity index (χ2v) is 12.0. The smallest absolute Gasteiger partial charge is 0.410 e. The van der Waals surface area contributed by atoms with Crippen LogP contribution >= 0.6 is 0 Å². The van der Waals surface area contributed by atoms with Crippen molar-refractivity contribution in [1.82, 2.24) is 15.0 Å². The number of likely N-dealkylation sites (tertiary alicyclic amines) is 1. The minimum absolute atomic E-state index is 0.0610. The van der Waals surface area contributed by atoms with Crippen molar-refractivity contribution in [3.05, 3.63) is 23.4 Å². The Hall–Kier alpha value is -2.76. The standard InChI is InChI=1S/C30H43N3O5/c1-29(2,3)37-28(34)33-17-12-22(13-18-33)8-10-25-23-9-11-26(24(20-32(4)5)27(23)38-31-25)36-21-30(15-16-30)14-7-19-35-6/h9,11,22H,8,10,12-13,15-21H2,1-6H3. The van der Waals surface area contributed by atoms with E-state index >= 15 is 0 Å². The summed E-state index contributed by atoms with van der Waals surface area (Å²) in [4.78, 5) is 16.3. The third-order valence-electron chi connectivity index (χ3n) is 7.23. The van der Waals surface area contributed by atoms with E-state index in [1.165, 1.54) is 0 Å². The van der Waals surface area contributed by atoms with Gasteiger partial charge in [-0.05, 0) is 91.4 Å². The Balaban J connectivity index is 1.38. The molecule has 0 unspecified atom stereocenters. The zero-order valence-corrected chi connectivity index (χ0v) is 23.9. The van der Waals surface area contributed by atoms with Gasteiger partial charge in [0.25, 0.3) is 0 Å². The quantitative estimate of drug-likeness (QED) is 0.412. The second-order valence-electron chi connectivity index (χ2n) is 12.0. The first-order chi connectivity index (χ1) is 18.1. The van der Waals surface area contributed by atoms with E-state index in [0.717, 1.165) is 79.6 Å². The number of ether oxygens (including phenoxy) is 3. The van der Waals surface area contributed by atoms with Crippen molar-refractivity contribution in [3.63, 3.8) is 0 Å². The molecule has 2 aliphatic rings. The highest BCUT2D eigenvalue weighted by molar-refractivity contribution is 5.84. The number of carbonyl (C=O) groups is 1. The van der Waals surface area contributed by atoms with Gasteiger partial charge in [0, 0.05) is 32.1 Å². The molecule has 0 atom stereocenters. The predicted octanol–water partition coefficient (Wildman–Crippen LogP) is 5.28. The SMILES string of the molecule is COCC#CC1(COc2ccc3c(CCC4CCN(C(=O)OC(C)(C)C)CC4)noc3c2CN(C)C)CC1. The number of methoxy groups -OCH3 is 1. The topological polar surface area (TPSA) is 77.3 Å². The van der Waals surface area contributed by atoms with E-state index in [9.17, 15) is 4.79 Å². The molecule has 2 aromatic rings. The van der Waals surface area contributed by atoms with Crippen molar-refractivity contribution < 1.29 is 23.5 Å². The first-order valence-electron chi connectivity index (χ1n) is 13.7. The molecule has 38 heavy (non-hydrogen) atoms. The average Bonchev–Trinajstić information content (AvgIpc) is 3.50. The molecule has 8 nitrogen and oxygen atoms in total. The predicted molar refractivity (Wildman–Crippen MR) is 147 cm³/mol. The zero-order chi connectivity index (χ0) is 27.3. The Morgan fingerprint density at radius 2 is 1.97 bits per heavy atom. The van der Waals surface area contributed by atoms with Gasteiger partial charge in [-0.2, -0.15) is 0 Å². The van der Waals surface area contributed by atoms with Crippen LogP contribution in [0, 0.1) is 23.2 Å². The van der Waals surface area contributed by atoms with Gasteiger partial charge in [0.2, 0.25) is 0 Å². The van der Waals surface area contributed by atoms with Crippen molar-refractivity contribution in [3.8, 4) is 17.6 Å². The van der Waals surface area contributed by atoms with E-state index in [1.807, 2.05) is 39.8 Å². The van der Waals surface area contributed by atoms with E-state index in [1.54, 1.807) is 7.11 Å². The van der Waals surface area contributed by atoms with Crippen LogP contribution in [0.2, 0.25) is 0 Å². The van der Waals surface area contributed by atoms with E-state index in [2.05, 4.69) is 34.0 Å². The molecule has 4 rings (SSSR count). The maximum absolute atomic E-state index is 12.4. The fourth-order valence-electron chi connectivity index (χ4n) is 4.91. The number of carbonyl (C=O) groups excluding carboxylic acids is 1. The Kier molecular flexibility index (Phi) is 8.89. The summed E-state index contributed by atoms with van der Waals surface area (Å²) in [6.07, 6.45) is 5.73. The van der Waals surface area contributed by atoms with Crippen molar-refractivity contribution in [2.24, 2.45) is 11.3 Å². The molecule has 1 aromatic heterocycles. The number of hydrogen-bond donors (Lipinski definition) is 0. The molecule has 0 bridgehead atoms. The molecule has 1 saturated carbocycles. The van der Waals surface area contributed by atoms with Crippen molar-refractivity contribution in [1.29, 1.82) is 0 Å². The Morgan fingerprint density at radius 3 is 2.61 bits per heavy atom. The minimum atomic E-state index is -0.463. The van der Waals surface area contributed by atoms with Gasteiger partial charge in [-0.1, -0.05) is 17.0 Å². The number of aryl methyl sites for hydroxylation is 1. The van der Waals surface area contributed by atoms with Crippen molar-refractivity contribution in [2.45, 2.75) is 71.4 Å². The number of nitrogens with zero attached hydrogens (tertiary/aromatic N) is 3. The van der Waals surface area contributed by atoms with Crippen LogP contribution in [0.4, 0.5) is 4.79 Å². The maximum Gasteiger partial charge on any atom is 0.410 e. The summed E-state index contributed by atoms with van der Waals surface area (Å²) < 4.78 is 22.8. The largest absolute Gasteiger partial charge is 0.492 e. The molecule has 0 radical (unpaired) electrons. The number of fused-ring (bicyclic) bond motifs is 1. The summed E-state index contributed by atoms with van der Waals surface area (Å²) in [5.74, 6) is 7.82. The van der Waals surface area contributed by atoms with Gasteiger partial charge in [0.1, 0.15) is 24.6 Å². The maximum atomic E-state index is 12.4. The lowest BCUT2D eigenvalue weighted by atomic mass is 9.91. The van der Waals surface area contributed by atoms with Gasteiger partial charge in [-0.3, -0.25) is 0 Å². The van der Waals surface area contributed by atoms with Crippen LogP contribution in [-0.2, 0) is 22.4 Å². The van der Waals surface area contributed by atoms with E-state index in [4.69, 9.17) is 18.7 Å². The van der Waals surface area contributed by atoms with Gasteiger partial charge in [-0.25, -0.2) is 4.79 Å². The first kappa shape index (κ1) is 28.3. The molecule has 2 fully saturated rings. The van der Waals surface area contributed by atoms with Gasteiger partial charge in [0.15, 0.2) is 5.58 Å². The molecule has 2 heterocycles. The van der Waals surface area contributed by atoms with E-state index in [0.29, 0.717) is 25.7 Å². The molecule has 8 heteroatoms. The van der Waals surface area contributed by atoms with Crippen LogP contribution in [0.3, 0.4) is 0 Å². The summed E-state index contributed by atoms with van der Waals surface area (Å²) in [6.45, 7) is 8.91. The second kappa shape index (κ2) is 12.0. The summed E-state index contributed by atoms with van der Waals surface area (Å²) >= 11 is 0. The summed E-state index contributed by atoms with van der Waals surface area (Å²) in [5, 5.41) is 5.53. The molecule has 1 saturated heterocycles. The lowest BCUT2D eigenvalue weighted by molar-refractivity contribution is 0.0181. The van der Waals surface area contributed by atoms with Crippen LogP contribution in [0.25, 0.3) is 11.0 Å². The van der Waals surface area contributed by atoms with Crippen LogP contribution in [0.5, 0.6) is 5.75 Å². The highest BCUT2D eigenvalue weighted by atomic mass is 16.6. The van der Waals surface area contributed by atoms with Gasteiger partial charge < -0.3 is 28.5 Å². The lowest BCUT2D eigenvalue weighted by Gasteiger charge is -2.33. The molecule has 0 spiro atoms. The molecular weight excluding hydrogens is 482 g/mol. The van der Waals surface area contributed by atoms with Crippen LogP contribution in [-0.4, -0.2) is 74.2 Å². The molecule has 1 aliphatic heterocycles. The molecule has 0 N–H and O–H groups in total. The van der Waals surface area contributed by atoms with Crippen molar-refractivity contribution >= 4 is 17.1 Å². The van der Waals surface area contributed by atoms with Crippen molar-refractivity contribution in [2.75, 3.05) is 47.5 Å². The third-order valence-corrected chi connectivity index (χ3v) is 7.23. The number of piperidine rings is 1. The Labute approximate surface area is 226 Å². The third kappa shape index (κ3) is 7.42. The molecule has 1 aliphatic carbocycles. The van der Waals surface area contributed by atoms with Crippen LogP contribution in [0.15, 0.2) is 16.7 Å². The van der Waals surface area contributed by atoms with E-state index in [-0.39, 0.29) is 11.5 Å². The summed E-state index contributed by atoms with van der Waals surface area (Å²) in [7, 11) is 5.75. The van der Waals surface area contributed by atoms with Crippen LogP contribution in [0.1, 0.15) is 64.1 Å². The minimum Gasteiger partial charge on any atom is -0.492 e. The number of hydrogen-bond acceptors (Lipinski definition) is 7. The lowest BCUT2D eigenvalue weighted by Crippen LogP contribution is -2.41. The monoisotopic (exact) mass is 525 g/mol. The fraction of sp³-hybridized carbons (Fsp3) is 0.667. The highest BCUT2D eigenvalue weighted by Crippen LogP contribution is 2.46. The highest BCUT2D eigenvalue weighted by Gasteiger charge is 2.42. The molecule has 1 amide bonds. The average molecular weight is 526 g/mol. The fourth-order valence-corrected chi connectivity index (χ4v) is 4.91. The molecule has 1 aromatic carbocycles. The first-order valence-corrected chi connectivity index (χ1v) is 13.7. The molecule has 208 valence electrons. The normalized spacial score (nSPS) is 17.4. The zero-order valence-electron chi connectivity index (χ0n) is 23.9. The van der Waals surface area contributed by atoms with Gasteiger partial charge in [0.05, 0.1) is 16.7 Å².